The van der Waals surface area contributed by atoms with E-state index >= 15 is 0 Å². The third-order valence-corrected chi connectivity index (χ3v) is 2.71. The Hall–Kier alpha value is -0.500. The lowest BCUT2D eigenvalue weighted by atomic mass is 10.0. The number of allylic oxidation sites excluding steroid dienone is 1. The molecule has 0 aromatic heterocycles. The van der Waals surface area contributed by atoms with Crippen LogP contribution < -0.4 is 5.32 Å². The minimum absolute atomic E-state index is 0.241. The van der Waals surface area contributed by atoms with E-state index in [2.05, 4.69) is 32.2 Å². The van der Waals surface area contributed by atoms with Crippen LogP contribution in [-0.4, -0.2) is 18.2 Å². The van der Waals surface area contributed by atoms with Crippen LogP contribution in [0.2, 0.25) is 0 Å². The minimum atomic E-state index is 0.241. The lowest BCUT2D eigenvalue weighted by Gasteiger charge is -2.28. The molecule has 0 spiro atoms. The fraction of sp³-hybridized carbons (Fsp3) is 0.818. The highest BCUT2D eigenvalue weighted by Crippen LogP contribution is 2.12. The van der Waals surface area contributed by atoms with Crippen molar-refractivity contribution in [2.45, 2.75) is 51.7 Å². The zero-order valence-electron chi connectivity index (χ0n) is 8.97. The third-order valence-electron chi connectivity index (χ3n) is 2.71. The smallest absolute Gasteiger partial charge is 0.110 e. The van der Waals surface area contributed by atoms with E-state index in [1.165, 1.54) is 0 Å². The van der Waals surface area contributed by atoms with Crippen LogP contribution >= 0.6 is 0 Å². The van der Waals surface area contributed by atoms with Gasteiger partial charge in [-0.15, -0.1) is 0 Å². The van der Waals surface area contributed by atoms with E-state index in [1.54, 1.807) is 0 Å². The minimum Gasteiger partial charge on any atom is -0.497 e. The lowest BCUT2D eigenvalue weighted by molar-refractivity contribution is 0.113. The van der Waals surface area contributed by atoms with Crippen LogP contribution in [0.3, 0.4) is 0 Å². The van der Waals surface area contributed by atoms with Gasteiger partial charge in [0, 0.05) is 12.1 Å². The molecule has 1 aliphatic rings. The Morgan fingerprint density at radius 1 is 1.54 bits per heavy atom. The summed E-state index contributed by atoms with van der Waals surface area (Å²) < 4.78 is 5.47. The van der Waals surface area contributed by atoms with Gasteiger partial charge in [-0.25, -0.2) is 0 Å². The molecule has 1 heterocycles. The average molecular weight is 183 g/mol. The Morgan fingerprint density at radius 3 is 2.85 bits per heavy atom. The van der Waals surface area contributed by atoms with Crippen molar-refractivity contribution < 1.29 is 4.74 Å². The zero-order valence-corrected chi connectivity index (χ0v) is 8.97. The van der Waals surface area contributed by atoms with Gasteiger partial charge >= 0.3 is 0 Å². The molecule has 76 valence electrons. The summed E-state index contributed by atoms with van der Waals surface area (Å²) >= 11 is 0. The number of hydrogen-bond donors (Lipinski definition) is 1. The molecular weight excluding hydrogens is 162 g/mol. The molecule has 0 radical (unpaired) electrons. The summed E-state index contributed by atoms with van der Waals surface area (Å²) in [5.74, 6) is 0. The van der Waals surface area contributed by atoms with Gasteiger partial charge in [-0.1, -0.05) is 6.92 Å². The van der Waals surface area contributed by atoms with Crippen molar-refractivity contribution in [3.05, 3.63) is 12.3 Å². The van der Waals surface area contributed by atoms with E-state index in [1.807, 2.05) is 6.26 Å². The van der Waals surface area contributed by atoms with Gasteiger partial charge < -0.3 is 10.1 Å². The van der Waals surface area contributed by atoms with Gasteiger partial charge in [-0.3, -0.25) is 0 Å². The summed E-state index contributed by atoms with van der Waals surface area (Å²) in [6.45, 7) is 7.62. The molecule has 0 saturated heterocycles. The number of hydrogen-bond acceptors (Lipinski definition) is 2. The monoisotopic (exact) mass is 183 g/mol. The molecule has 1 aliphatic heterocycles. The van der Waals surface area contributed by atoms with Crippen molar-refractivity contribution in [1.29, 1.82) is 0 Å². The molecule has 0 aromatic carbocycles. The van der Waals surface area contributed by atoms with Gasteiger partial charge in [0.05, 0.1) is 6.26 Å². The topological polar surface area (TPSA) is 21.3 Å². The van der Waals surface area contributed by atoms with E-state index in [-0.39, 0.29) is 5.54 Å². The molecular formula is C11H21NO. The fourth-order valence-electron chi connectivity index (χ4n) is 1.25. The maximum atomic E-state index is 5.47. The average Bonchev–Trinajstić information content (AvgIpc) is 2.17. The summed E-state index contributed by atoms with van der Waals surface area (Å²) in [6, 6.07) is 0. The molecule has 0 fully saturated rings. The Labute approximate surface area is 81.4 Å². The predicted molar refractivity (Wildman–Crippen MR) is 55.6 cm³/mol. The normalized spacial score (nSPS) is 22.8. The second-order valence-corrected chi connectivity index (χ2v) is 4.33. The lowest BCUT2D eigenvalue weighted by Crippen LogP contribution is -2.43. The highest BCUT2D eigenvalue weighted by Gasteiger charge is 2.17. The highest BCUT2D eigenvalue weighted by molar-refractivity contribution is 4.85. The maximum Gasteiger partial charge on any atom is 0.110 e. The van der Waals surface area contributed by atoms with Crippen molar-refractivity contribution in [2.75, 3.05) is 6.54 Å². The van der Waals surface area contributed by atoms with Crippen LogP contribution in [0.1, 0.15) is 40.0 Å². The molecule has 1 atom stereocenters. The van der Waals surface area contributed by atoms with Gasteiger partial charge in [0.15, 0.2) is 0 Å². The van der Waals surface area contributed by atoms with Crippen LogP contribution in [0.25, 0.3) is 0 Å². The van der Waals surface area contributed by atoms with Gasteiger partial charge in [0.1, 0.15) is 6.10 Å². The van der Waals surface area contributed by atoms with E-state index in [0.29, 0.717) is 6.10 Å². The summed E-state index contributed by atoms with van der Waals surface area (Å²) in [5.41, 5.74) is 0.241. The van der Waals surface area contributed by atoms with E-state index in [0.717, 1.165) is 25.8 Å². The van der Waals surface area contributed by atoms with Crippen molar-refractivity contribution >= 4 is 0 Å². The van der Waals surface area contributed by atoms with Gasteiger partial charge in [0.25, 0.3) is 0 Å². The predicted octanol–water partition coefficient (Wildman–Crippen LogP) is 2.46. The SMILES string of the molecule is CCC(C)(C)NCC1CCC=CO1. The van der Waals surface area contributed by atoms with E-state index in [4.69, 9.17) is 4.74 Å². The summed E-state index contributed by atoms with van der Waals surface area (Å²) in [7, 11) is 0. The first-order valence-electron chi connectivity index (χ1n) is 5.19. The molecule has 2 nitrogen and oxygen atoms in total. The Bertz CT molecular complexity index is 175. The van der Waals surface area contributed by atoms with E-state index < -0.39 is 0 Å². The summed E-state index contributed by atoms with van der Waals surface area (Å²) in [4.78, 5) is 0. The summed E-state index contributed by atoms with van der Waals surface area (Å²) in [5, 5.41) is 3.52. The number of rotatable bonds is 4. The quantitative estimate of drug-likeness (QED) is 0.723. The Morgan fingerprint density at radius 2 is 2.31 bits per heavy atom. The maximum absolute atomic E-state index is 5.47. The molecule has 13 heavy (non-hydrogen) atoms. The van der Waals surface area contributed by atoms with Crippen molar-refractivity contribution in [3.8, 4) is 0 Å². The van der Waals surface area contributed by atoms with Crippen LogP contribution in [0.5, 0.6) is 0 Å². The largest absolute Gasteiger partial charge is 0.497 e. The molecule has 0 saturated carbocycles. The van der Waals surface area contributed by atoms with Crippen molar-refractivity contribution in [1.82, 2.24) is 5.32 Å². The highest BCUT2D eigenvalue weighted by atomic mass is 16.5. The third kappa shape index (κ3) is 3.81. The number of ether oxygens (including phenoxy) is 1. The molecule has 0 bridgehead atoms. The number of nitrogens with one attached hydrogen (secondary N) is 1. The molecule has 1 unspecified atom stereocenters. The van der Waals surface area contributed by atoms with Crippen molar-refractivity contribution in [2.24, 2.45) is 0 Å². The molecule has 0 amide bonds. The first-order chi connectivity index (χ1) is 6.14. The van der Waals surface area contributed by atoms with Crippen LogP contribution in [-0.2, 0) is 4.74 Å². The van der Waals surface area contributed by atoms with Gasteiger partial charge in [0.2, 0.25) is 0 Å². The first kappa shape index (κ1) is 10.6. The first-order valence-corrected chi connectivity index (χ1v) is 5.19. The standard InChI is InChI=1S/C11H21NO/c1-4-11(2,3)12-9-10-7-5-6-8-13-10/h6,8,10,12H,4-5,7,9H2,1-3H3. The van der Waals surface area contributed by atoms with E-state index in [9.17, 15) is 0 Å². The molecule has 1 N–H and O–H groups in total. The Balaban J connectivity index is 2.22. The van der Waals surface area contributed by atoms with Crippen LogP contribution in [0, 0.1) is 0 Å². The molecule has 0 aliphatic carbocycles. The second kappa shape index (κ2) is 4.66. The van der Waals surface area contributed by atoms with Crippen LogP contribution in [0.4, 0.5) is 0 Å². The van der Waals surface area contributed by atoms with Gasteiger partial charge in [-0.2, -0.15) is 0 Å². The Kier molecular flexibility index (Phi) is 3.79. The molecule has 2 heteroatoms. The zero-order chi connectivity index (χ0) is 9.73. The van der Waals surface area contributed by atoms with Crippen molar-refractivity contribution in [3.63, 3.8) is 0 Å². The second-order valence-electron chi connectivity index (χ2n) is 4.33. The molecule has 0 aromatic rings. The van der Waals surface area contributed by atoms with Crippen LogP contribution in [0.15, 0.2) is 12.3 Å². The summed E-state index contributed by atoms with van der Waals surface area (Å²) in [6.07, 6.45) is 7.73. The fourth-order valence-corrected chi connectivity index (χ4v) is 1.25. The molecule has 1 rings (SSSR count). The van der Waals surface area contributed by atoms with Gasteiger partial charge in [-0.05, 0) is 39.2 Å².